The van der Waals surface area contributed by atoms with E-state index in [1.807, 2.05) is 18.2 Å². The molecular weight excluding hydrogens is 482 g/mol. The highest BCUT2D eigenvalue weighted by Crippen LogP contribution is 2.35. The molecule has 36 heavy (non-hydrogen) atoms. The van der Waals surface area contributed by atoms with Crippen LogP contribution in [-0.2, 0) is 16.4 Å². The van der Waals surface area contributed by atoms with Crippen molar-refractivity contribution in [3.63, 3.8) is 0 Å². The number of sulfonamides is 1. The fraction of sp³-hybridized carbons (Fsp3) is 0.346. The lowest BCUT2D eigenvalue weighted by Gasteiger charge is -2.36. The first-order valence-electron chi connectivity index (χ1n) is 11.9. The molecule has 2 aliphatic rings. The molecule has 5 rings (SSSR count). The summed E-state index contributed by atoms with van der Waals surface area (Å²) < 4.78 is 39.7. The molecule has 0 saturated carbocycles. The summed E-state index contributed by atoms with van der Waals surface area (Å²) >= 11 is 0. The van der Waals surface area contributed by atoms with Crippen molar-refractivity contribution in [3.05, 3.63) is 70.6 Å². The molecule has 2 aliphatic heterocycles. The number of unbranched alkanes of at least 4 members (excludes halogenated alkanes) is 1. The maximum absolute atomic E-state index is 12.9. The molecule has 1 fully saturated rings. The molecule has 1 saturated heterocycles. The lowest BCUT2D eigenvalue weighted by atomic mass is 10.1. The van der Waals surface area contributed by atoms with Crippen LogP contribution in [0.25, 0.3) is 15.9 Å². The summed E-state index contributed by atoms with van der Waals surface area (Å²) in [5.74, 6) is 1.17. The third kappa shape index (κ3) is 5.11. The van der Waals surface area contributed by atoms with E-state index < -0.39 is 10.0 Å². The van der Waals surface area contributed by atoms with Crippen LogP contribution in [-0.4, -0.2) is 52.8 Å². The number of anilines is 1. The summed E-state index contributed by atoms with van der Waals surface area (Å²) in [6, 6.07) is 10.7. The highest BCUT2D eigenvalue weighted by molar-refractivity contribution is 7.98. The SMILES string of the molecule is C=C(c1cccc(N2CCN(CCCCc3coc4cc5c(cc4c3=O)OCO5)CC2)c1)S(N)(=O)=O. The molecule has 10 heteroatoms. The van der Waals surface area contributed by atoms with Crippen molar-refractivity contribution >= 4 is 31.6 Å². The maximum Gasteiger partial charge on any atom is 0.238 e. The number of piperazine rings is 1. The Morgan fingerprint density at radius 1 is 1.03 bits per heavy atom. The number of hydrogen-bond acceptors (Lipinski definition) is 8. The van der Waals surface area contributed by atoms with Gasteiger partial charge in [0.15, 0.2) is 16.9 Å². The Balaban J connectivity index is 1.11. The van der Waals surface area contributed by atoms with Gasteiger partial charge in [-0.1, -0.05) is 18.7 Å². The molecule has 0 aliphatic carbocycles. The van der Waals surface area contributed by atoms with Crippen LogP contribution in [0, 0.1) is 0 Å². The van der Waals surface area contributed by atoms with E-state index in [0.717, 1.165) is 51.3 Å². The van der Waals surface area contributed by atoms with E-state index in [2.05, 4.69) is 16.4 Å². The summed E-state index contributed by atoms with van der Waals surface area (Å²) in [6.07, 6.45) is 4.08. The molecule has 3 aromatic rings. The number of rotatable bonds is 8. The Bertz CT molecular complexity index is 1460. The van der Waals surface area contributed by atoms with Crippen molar-refractivity contribution in [2.45, 2.75) is 19.3 Å². The number of primary sulfonamides is 1. The molecule has 0 amide bonds. The Kier molecular flexibility index (Phi) is 6.74. The lowest BCUT2D eigenvalue weighted by Crippen LogP contribution is -2.46. The summed E-state index contributed by atoms with van der Waals surface area (Å²) in [5.41, 5.74) is 2.64. The minimum absolute atomic E-state index is 0.0180. The third-order valence-corrected chi connectivity index (χ3v) is 7.68. The van der Waals surface area contributed by atoms with Gasteiger partial charge < -0.3 is 18.8 Å². The number of ether oxygens (including phenoxy) is 2. The number of hydrogen-bond donors (Lipinski definition) is 1. The van der Waals surface area contributed by atoms with Crippen LogP contribution in [0.3, 0.4) is 0 Å². The number of benzene rings is 2. The zero-order valence-corrected chi connectivity index (χ0v) is 20.8. The highest BCUT2D eigenvalue weighted by Gasteiger charge is 2.20. The zero-order chi connectivity index (χ0) is 25.3. The Hall–Kier alpha value is -3.34. The van der Waals surface area contributed by atoms with E-state index in [4.69, 9.17) is 19.0 Å². The van der Waals surface area contributed by atoms with E-state index in [9.17, 15) is 13.2 Å². The van der Waals surface area contributed by atoms with E-state index in [1.54, 1.807) is 24.5 Å². The topological polar surface area (TPSA) is 115 Å². The number of nitrogens with zero attached hydrogens (tertiary/aromatic N) is 2. The van der Waals surface area contributed by atoms with Gasteiger partial charge in [-0.05, 0) is 49.6 Å². The predicted octanol–water partition coefficient (Wildman–Crippen LogP) is 2.93. The van der Waals surface area contributed by atoms with Gasteiger partial charge in [-0.25, -0.2) is 13.6 Å². The third-order valence-electron chi connectivity index (χ3n) is 6.76. The first-order chi connectivity index (χ1) is 17.3. The molecule has 0 atom stereocenters. The Morgan fingerprint density at radius 2 is 1.78 bits per heavy atom. The molecular formula is C26H29N3O6S. The minimum atomic E-state index is -3.82. The van der Waals surface area contributed by atoms with Crippen LogP contribution < -0.4 is 24.9 Å². The number of fused-ring (bicyclic) bond motifs is 2. The van der Waals surface area contributed by atoms with Gasteiger partial charge in [0.2, 0.25) is 16.8 Å². The van der Waals surface area contributed by atoms with Crippen LogP contribution in [0.15, 0.2) is 58.5 Å². The molecule has 2 N–H and O–H groups in total. The van der Waals surface area contributed by atoms with Gasteiger partial charge in [0.1, 0.15) is 5.58 Å². The predicted molar refractivity (Wildman–Crippen MR) is 139 cm³/mol. The van der Waals surface area contributed by atoms with Crippen LogP contribution in [0.4, 0.5) is 5.69 Å². The molecule has 9 nitrogen and oxygen atoms in total. The average Bonchev–Trinajstić information content (AvgIpc) is 3.34. The summed E-state index contributed by atoms with van der Waals surface area (Å²) in [6.45, 7) is 8.23. The minimum Gasteiger partial charge on any atom is -0.464 e. The second-order valence-corrected chi connectivity index (χ2v) is 10.7. The summed E-state index contributed by atoms with van der Waals surface area (Å²) in [4.78, 5) is 17.5. The number of nitrogens with two attached hydrogens (primary N) is 1. The van der Waals surface area contributed by atoms with Crippen molar-refractivity contribution in [2.24, 2.45) is 5.14 Å². The first kappa shape index (κ1) is 24.4. The van der Waals surface area contributed by atoms with E-state index in [0.29, 0.717) is 40.0 Å². The Morgan fingerprint density at radius 3 is 2.53 bits per heavy atom. The summed E-state index contributed by atoms with van der Waals surface area (Å²) in [5, 5.41) is 5.74. The van der Waals surface area contributed by atoms with Gasteiger partial charge in [-0.3, -0.25) is 9.69 Å². The van der Waals surface area contributed by atoms with Crippen LogP contribution in [0.1, 0.15) is 24.0 Å². The second kappa shape index (κ2) is 9.96. The quantitative estimate of drug-likeness (QED) is 0.459. The van der Waals surface area contributed by atoms with E-state index in [-0.39, 0.29) is 17.1 Å². The van der Waals surface area contributed by atoms with Crippen molar-refractivity contribution in [1.82, 2.24) is 4.90 Å². The van der Waals surface area contributed by atoms with Gasteiger partial charge in [0.25, 0.3) is 0 Å². The first-order valence-corrected chi connectivity index (χ1v) is 13.5. The van der Waals surface area contributed by atoms with Gasteiger partial charge in [0, 0.05) is 43.5 Å². The Labute approximate surface area is 209 Å². The van der Waals surface area contributed by atoms with Gasteiger partial charge >= 0.3 is 0 Å². The van der Waals surface area contributed by atoms with Gasteiger partial charge in [-0.2, -0.15) is 0 Å². The zero-order valence-electron chi connectivity index (χ0n) is 19.9. The molecule has 1 aromatic heterocycles. The molecule has 190 valence electrons. The fourth-order valence-electron chi connectivity index (χ4n) is 4.65. The maximum atomic E-state index is 12.9. The van der Waals surface area contributed by atoms with Crippen LogP contribution in [0.2, 0.25) is 0 Å². The van der Waals surface area contributed by atoms with E-state index in [1.165, 1.54) is 0 Å². The number of aryl methyl sites for hydroxylation is 1. The van der Waals surface area contributed by atoms with Crippen molar-refractivity contribution < 1.29 is 22.3 Å². The van der Waals surface area contributed by atoms with Crippen LogP contribution in [0.5, 0.6) is 11.5 Å². The van der Waals surface area contributed by atoms with Crippen molar-refractivity contribution in [3.8, 4) is 11.5 Å². The second-order valence-electron chi connectivity index (χ2n) is 9.10. The fourth-order valence-corrected chi connectivity index (χ4v) is 5.11. The summed E-state index contributed by atoms with van der Waals surface area (Å²) in [7, 11) is -3.82. The molecule has 0 radical (unpaired) electrons. The molecule has 0 spiro atoms. The van der Waals surface area contributed by atoms with Crippen LogP contribution >= 0.6 is 0 Å². The molecule has 3 heterocycles. The average molecular weight is 512 g/mol. The smallest absolute Gasteiger partial charge is 0.238 e. The standard InChI is InChI=1S/C26H29N3O6S/c1-18(36(27,31)32)19-6-4-7-21(13-19)29-11-9-28(10-12-29)8-3-2-5-20-16-33-23-15-25-24(34-17-35-25)14-22(23)26(20)30/h4,6-7,13-16H,1-3,5,8-12,17H2,(H2,27,31,32). The monoisotopic (exact) mass is 511 g/mol. The molecule has 0 bridgehead atoms. The normalized spacial score (nSPS) is 16.0. The van der Waals surface area contributed by atoms with E-state index >= 15 is 0 Å². The molecule has 2 aromatic carbocycles. The van der Waals surface area contributed by atoms with Crippen molar-refractivity contribution in [1.29, 1.82) is 0 Å². The largest absolute Gasteiger partial charge is 0.464 e. The highest BCUT2D eigenvalue weighted by atomic mass is 32.2. The molecule has 0 unspecified atom stereocenters. The lowest BCUT2D eigenvalue weighted by molar-refractivity contribution is 0.174. The van der Waals surface area contributed by atoms with Gasteiger partial charge in [0.05, 0.1) is 16.6 Å². The van der Waals surface area contributed by atoms with Gasteiger partial charge in [-0.15, -0.1) is 0 Å². The van der Waals surface area contributed by atoms with Crippen molar-refractivity contribution in [2.75, 3.05) is 44.4 Å².